The molecule has 0 unspecified atom stereocenters. The fraction of sp³-hybridized carbons (Fsp3) is 1.00. The largest absolute Gasteiger partial charge is 0.314 e. The monoisotopic (exact) mass is 239 g/mol. The molecule has 2 aliphatic heterocycles. The second-order valence-corrected chi connectivity index (χ2v) is 6.77. The van der Waals surface area contributed by atoms with Gasteiger partial charge in [-0.15, -0.1) is 0 Å². The molecular weight excluding hydrogens is 210 g/mol. The van der Waals surface area contributed by atoms with Crippen molar-refractivity contribution in [2.45, 2.75) is 33.6 Å². The van der Waals surface area contributed by atoms with Gasteiger partial charge in [0.1, 0.15) is 0 Å². The molecule has 0 aliphatic carbocycles. The topological polar surface area (TPSA) is 18.5 Å². The predicted molar refractivity (Wildman–Crippen MR) is 73.1 cm³/mol. The molecular formula is C14H29N3. The van der Waals surface area contributed by atoms with Gasteiger partial charge >= 0.3 is 0 Å². The third-order valence-corrected chi connectivity index (χ3v) is 4.42. The molecule has 0 atom stereocenters. The Bertz CT molecular complexity index is 220. The summed E-state index contributed by atoms with van der Waals surface area (Å²) in [7, 11) is 0. The number of hydrogen-bond donors (Lipinski definition) is 1. The van der Waals surface area contributed by atoms with E-state index in [1.165, 1.54) is 58.8 Å². The highest BCUT2D eigenvalue weighted by Crippen LogP contribution is 2.34. The summed E-state index contributed by atoms with van der Waals surface area (Å²) in [6.07, 6.45) is 2.77. The van der Waals surface area contributed by atoms with E-state index in [4.69, 9.17) is 0 Å². The van der Waals surface area contributed by atoms with Crippen LogP contribution in [0.25, 0.3) is 0 Å². The molecule has 0 aromatic carbocycles. The van der Waals surface area contributed by atoms with Crippen LogP contribution in [0.1, 0.15) is 33.6 Å². The van der Waals surface area contributed by atoms with Gasteiger partial charge in [0.05, 0.1) is 6.67 Å². The van der Waals surface area contributed by atoms with Crippen LogP contribution in [-0.2, 0) is 0 Å². The molecule has 3 nitrogen and oxygen atoms in total. The summed E-state index contributed by atoms with van der Waals surface area (Å²) in [5.41, 5.74) is 0.501. The molecule has 2 fully saturated rings. The SMILES string of the molecule is CC(C)(C)C1CCN(CN2CCNCC2)CC1. The number of piperidine rings is 1. The summed E-state index contributed by atoms with van der Waals surface area (Å²) in [6, 6.07) is 0. The lowest BCUT2D eigenvalue weighted by molar-refractivity contribution is 0.0601. The first-order chi connectivity index (χ1) is 8.05. The maximum Gasteiger partial charge on any atom is 0.0507 e. The minimum atomic E-state index is 0.501. The molecule has 0 aromatic rings. The van der Waals surface area contributed by atoms with Gasteiger partial charge in [-0.05, 0) is 37.3 Å². The van der Waals surface area contributed by atoms with Crippen molar-refractivity contribution in [3.63, 3.8) is 0 Å². The summed E-state index contributed by atoms with van der Waals surface area (Å²) in [6.45, 7) is 15.7. The predicted octanol–water partition coefficient (Wildman–Crippen LogP) is 1.61. The Labute approximate surface area is 107 Å². The van der Waals surface area contributed by atoms with E-state index < -0.39 is 0 Å². The van der Waals surface area contributed by atoms with Crippen LogP contribution in [0.2, 0.25) is 0 Å². The Morgan fingerprint density at radius 1 is 0.941 bits per heavy atom. The number of rotatable bonds is 2. The molecule has 2 rings (SSSR count). The maximum atomic E-state index is 3.42. The molecule has 2 heterocycles. The smallest absolute Gasteiger partial charge is 0.0507 e. The number of hydrogen-bond acceptors (Lipinski definition) is 3. The average Bonchev–Trinajstić information content (AvgIpc) is 2.30. The van der Waals surface area contributed by atoms with E-state index >= 15 is 0 Å². The molecule has 3 heteroatoms. The van der Waals surface area contributed by atoms with Gasteiger partial charge in [-0.25, -0.2) is 0 Å². The quantitative estimate of drug-likeness (QED) is 0.790. The maximum absolute atomic E-state index is 3.42. The number of piperazine rings is 1. The minimum absolute atomic E-state index is 0.501. The van der Waals surface area contributed by atoms with Gasteiger partial charge in [0, 0.05) is 26.2 Å². The van der Waals surface area contributed by atoms with Crippen molar-refractivity contribution in [1.29, 1.82) is 0 Å². The van der Waals surface area contributed by atoms with Crippen molar-refractivity contribution in [3.05, 3.63) is 0 Å². The number of nitrogens with zero attached hydrogens (tertiary/aromatic N) is 2. The molecule has 0 bridgehead atoms. The van der Waals surface area contributed by atoms with Crippen LogP contribution in [-0.4, -0.2) is 55.7 Å². The molecule has 2 aliphatic rings. The van der Waals surface area contributed by atoms with Gasteiger partial charge in [0.25, 0.3) is 0 Å². The summed E-state index contributed by atoms with van der Waals surface area (Å²) in [5.74, 6) is 0.918. The van der Waals surface area contributed by atoms with Crippen molar-refractivity contribution in [3.8, 4) is 0 Å². The lowest BCUT2D eigenvalue weighted by Crippen LogP contribution is -2.50. The molecule has 0 aromatic heterocycles. The fourth-order valence-electron chi connectivity index (χ4n) is 3.08. The van der Waals surface area contributed by atoms with Gasteiger partial charge in [-0.3, -0.25) is 9.80 Å². The highest BCUT2D eigenvalue weighted by molar-refractivity contribution is 4.81. The van der Waals surface area contributed by atoms with Crippen LogP contribution in [0, 0.1) is 11.3 Å². The first-order valence-corrected chi connectivity index (χ1v) is 7.21. The van der Waals surface area contributed by atoms with Crippen molar-refractivity contribution in [1.82, 2.24) is 15.1 Å². The zero-order chi connectivity index (χ0) is 12.3. The second-order valence-electron chi connectivity index (χ2n) is 6.77. The van der Waals surface area contributed by atoms with E-state index in [0.717, 1.165) is 5.92 Å². The zero-order valence-electron chi connectivity index (χ0n) is 11.8. The second kappa shape index (κ2) is 5.68. The van der Waals surface area contributed by atoms with Crippen LogP contribution in [0.3, 0.4) is 0 Å². The van der Waals surface area contributed by atoms with Crippen LogP contribution in [0.15, 0.2) is 0 Å². The molecule has 100 valence electrons. The van der Waals surface area contributed by atoms with E-state index in [1.54, 1.807) is 0 Å². The Morgan fingerprint density at radius 3 is 2.00 bits per heavy atom. The van der Waals surface area contributed by atoms with Gasteiger partial charge in [-0.2, -0.15) is 0 Å². The lowest BCUT2D eigenvalue weighted by atomic mass is 9.75. The Kier molecular flexibility index (Phi) is 4.45. The Morgan fingerprint density at radius 2 is 1.47 bits per heavy atom. The molecule has 0 saturated carbocycles. The van der Waals surface area contributed by atoms with E-state index in [-0.39, 0.29) is 0 Å². The number of likely N-dealkylation sites (tertiary alicyclic amines) is 1. The average molecular weight is 239 g/mol. The van der Waals surface area contributed by atoms with Crippen LogP contribution in [0.4, 0.5) is 0 Å². The van der Waals surface area contributed by atoms with Crippen LogP contribution < -0.4 is 5.32 Å². The van der Waals surface area contributed by atoms with Crippen LogP contribution in [0.5, 0.6) is 0 Å². The normalized spacial score (nSPS) is 26.3. The lowest BCUT2D eigenvalue weighted by Gasteiger charge is -2.41. The minimum Gasteiger partial charge on any atom is -0.314 e. The first kappa shape index (κ1) is 13.3. The van der Waals surface area contributed by atoms with Crippen molar-refractivity contribution in [2.75, 3.05) is 45.9 Å². The van der Waals surface area contributed by atoms with Gasteiger partial charge in [0.2, 0.25) is 0 Å². The highest BCUT2D eigenvalue weighted by Gasteiger charge is 2.29. The van der Waals surface area contributed by atoms with E-state index in [0.29, 0.717) is 5.41 Å². The fourth-order valence-corrected chi connectivity index (χ4v) is 3.08. The summed E-state index contributed by atoms with van der Waals surface area (Å²) < 4.78 is 0. The van der Waals surface area contributed by atoms with Crippen molar-refractivity contribution in [2.24, 2.45) is 11.3 Å². The molecule has 17 heavy (non-hydrogen) atoms. The van der Waals surface area contributed by atoms with Crippen molar-refractivity contribution < 1.29 is 0 Å². The van der Waals surface area contributed by atoms with E-state index in [1.807, 2.05) is 0 Å². The standard InChI is InChI=1S/C14H29N3/c1-14(2,3)13-4-8-16(9-5-13)12-17-10-6-15-7-11-17/h13,15H,4-12H2,1-3H3. The molecule has 0 amide bonds. The van der Waals surface area contributed by atoms with Gasteiger partial charge in [-0.1, -0.05) is 20.8 Å². The zero-order valence-corrected chi connectivity index (χ0v) is 11.8. The van der Waals surface area contributed by atoms with E-state index in [9.17, 15) is 0 Å². The Hall–Kier alpha value is -0.120. The molecule has 2 saturated heterocycles. The highest BCUT2D eigenvalue weighted by atomic mass is 15.3. The first-order valence-electron chi connectivity index (χ1n) is 7.21. The number of nitrogens with one attached hydrogen (secondary N) is 1. The summed E-state index contributed by atoms with van der Waals surface area (Å²) in [5, 5.41) is 3.42. The summed E-state index contributed by atoms with van der Waals surface area (Å²) >= 11 is 0. The van der Waals surface area contributed by atoms with Gasteiger partial charge in [0.15, 0.2) is 0 Å². The van der Waals surface area contributed by atoms with Gasteiger partial charge < -0.3 is 5.32 Å². The van der Waals surface area contributed by atoms with Crippen molar-refractivity contribution >= 4 is 0 Å². The van der Waals surface area contributed by atoms with Crippen LogP contribution >= 0.6 is 0 Å². The molecule has 0 radical (unpaired) electrons. The molecule has 1 N–H and O–H groups in total. The molecule has 0 spiro atoms. The Balaban J connectivity index is 1.71. The van der Waals surface area contributed by atoms with E-state index in [2.05, 4.69) is 35.9 Å². The summed E-state index contributed by atoms with van der Waals surface area (Å²) in [4.78, 5) is 5.24. The third kappa shape index (κ3) is 3.94. The third-order valence-electron chi connectivity index (χ3n) is 4.42.